The van der Waals surface area contributed by atoms with Gasteiger partial charge in [0.25, 0.3) is 0 Å². The predicted molar refractivity (Wildman–Crippen MR) is 98.8 cm³/mol. The summed E-state index contributed by atoms with van der Waals surface area (Å²) in [5.74, 6) is 1.30. The standard InChI is InChI=1S/C20H22N4O2/c1-14-7-9-15(10-8-14)19-22-20(26-17-5-3-4-6-17)23-24(19)16-11-12-18(25-2)21-13-16/h7-13,17H,3-6H2,1-2H3. The van der Waals surface area contributed by atoms with Crippen molar-refractivity contribution in [2.24, 2.45) is 0 Å². The first-order chi connectivity index (χ1) is 12.7. The highest BCUT2D eigenvalue weighted by Crippen LogP contribution is 2.27. The maximum atomic E-state index is 6.02. The second-order valence-electron chi connectivity index (χ2n) is 6.58. The van der Waals surface area contributed by atoms with E-state index in [2.05, 4.69) is 34.1 Å². The van der Waals surface area contributed by atoms with Gasteiger partial charge in [-0.05, 0) is 38.7 Å². The molecule has 1 aromatic carbocycles. The van der Waals surface area contributed by atoms with Gasteiger partial charge in [-0.15, -0.1) is 5.10 Å². The zero-order valence-corrected chi connectivity index (χ0v) is 15.1. The molecular formula is C20H22N4O2. The van der Waals surface area contributed by atoms with Gasteiger partial charge in [-0.2, -0.15) is 4.98 Å². The molecule has 0 atom stereocenters. The number of benzene rings is 1. The van der Waals surface area contributed by atoms with Gasteiger partial charge < -0.3 is 9.47 Å². The normalized spacial score (nSPS) is 14.5. The number of rotatable bonds is 5. The molecule has 2 heterocycles. The maximum Gasteiger partial charge on any atom is 0.336 e. The summed E-state index contributed by atoms with van der Waals surface area (Å²) < 4.78 is 12.9. The molecule has 3 aromatic rings. The van der Waals surface area contributed by atoms with Crippen molar-refractivity contribution in [3.8, 4) is 29.0 Å². The average molecular weight is 350 g/mol. The highest BCUT2D eigenvalue weighted by molar-refractivity contribution is 5.58. The Morgan fingerprint density at radius 2 is 1.81 bits per heavy atom. The molecule has 6 nitrogen and oxygen atoms in total. The summed E-state index contributed by atoms with van der Waals surface area (Å²) in [5, 5.41) is 4.60. The second-order valence-corrected chi connectivity index (χ2v) is 6.58. The number of aryl methyl sites for hydroxylation is 1. The predicted octanol–water partition coefficient (Wildman–Crippen LogP) is 3.97. The first-order valence-electron chi connectivity index (χ1n) is 8.94. The van der Waals surface area contributed by atoms with Gasteiger partial charge in [-0.3, -0.25) is 0 Å². The van der Waals surface area contributed by atoms with Crippen LogP contribution >= 0.6 is 0 Å². The molecule has 1 saturated carbocycles. The summed E-state index contributed by atoms with van der Waals surface area (Å²) >= 11 is 0. The fourth-order valence-electron chi connectivity index (χ4n) is 3.19. The van der Waals surface area contributed by atoms with Crippen LogP contribution in [0.4, 0.5) is 0 Å². The lowest BCUT2D eigenvalue weighted by molar-refractivity contribution is 0.192. The number of ether oxygens (including phenoxy) is 2. The SMILES string of the molecule is COc1ccc(-n2nc(OC3CCCC3)nc2-c2ccc(C)cc2)cn1. The van der Waals surface area contributed by atoms with E-state index in [0.717, 1.165) is 29.9 Å². The molecule has 0 saturated heterocycles. The lowest BCUT2D eigenvalue weighted by atomic mass is 10.1. The molecule has 0 N–H and O–H groups in total. The highest BCUT2D eigenvalue weighted by Gasteiger charge is 2.21. The van der Waals surface area contributed by atoms with E-state index in [-0.39, 0.29) is 6.10 Å². The fourth-order valence-corrected chi connectivity index (χ4v) is 3.19. The second kappa shape index (κ2) is 7.15. The molecule has 0 aliphatic heterocycles. The number of nitrogens with zero attached hydrogens (tertiary/aromatic N) is 4. The zero-order valence-electron chi connectivity index (χ0n) is 15.1. The van der Waals surface area contributed by atoms with E-state index in [1.54, 1.807) is 18.0 Å². The summed E-state index contributed by atoms with van der Waals surface area (Å²) in [5.41, 5.74) is 3.00. The Labute approximate surface area is 152 Å². The molecule has 0 bridgehead atoms. The minimum absolute atomic E-state index is 0.214. The van der Waals surface area contributed by atoms with Crippen molar-refractivity contribution in [2.75, 3.05) is 7.11 Å². The van der Waals surface area contributed by atoms with Crippen LogP contribution in [0.15, 0.2) is 42.6 Å². The molecule has 134 valence electrons. The third kappa shape index (κ3) is 3.40. The van der Waals surface area contributed by atoms with Crippen molar-refractivity contribution < 1.29 is 9.47 Å². The highest BCUT2D eigenvalue weighted by atomic mass is 16.5. The van der Waals surface area contributed by atoms with Crippen LogP contribution in [0.1, 0.15) is 31.2 Å². The third-order valence-corrected chi connectivity index (χ3v) is 4.65. The van der Waals surface area contributed by atoms with E-state index < -0.39 is 0 Å². The van der Waals surface area contributed by atoms with Gasteiger partial charge in [-0.1, -0.05) is 29.8 Å². The van der Waals surface area contributed by atoms with E-state index >= 15 is 0 Å². The summed E-state index contributed by atoms with van der Waals surface area (Å²) in [6.45, 7) is 2.07. The van der Waals surface area contributed by atoms with E-state index in [1.807, 2.05) is 24.3 Å². The molecule has 0 unspecified atom stereocenters. The minimum atomic E-state index is 0.214. The van der Waals surface area contributed by atoms with Crippen molar-refractivity contribution in [1.29, 1.82) is 0 Å². The van der Waals surface area contributed by atoms with Crippen molar-refractivity contribution >= 4 is 0 Å². The summed E-state index contributed by atoms with van der Waals surface area (Å²) in [4.78, 5) is 8.95. The van der Waals surface area contributed by atoms with Crippen molar-refractivity contribution in [3.05, 3.63) is 48.2 Å². The third-order valence-electron chi connectivity index (χ3n) is 4.65. The van der Waals surface area contributed by atoms with Crippen LogP contribution in [-0.4, -0.2) is 33.0 Å². The van der Waals surface area contributed by atoms with E-state index in [1.165, 1.54) is 18.4 Å². The molecule has 0 spiro atoms. The molecule has 0 radical (unpaired) electrons. The van der Waals surface area contributed by atoms with E-state index in [9.17, 15) is 0 Å². The first kappa shape index (κ1) is 16.6. The molecule has 4 rings (SSSR count). The largest absolute Gasteiger partial charge is 0.481 e. The molecule has 2 aromatic heterocycles. The maximum absolute atomic E-state index is 6.02. The Kier molecular flexibility index (Phi) is 4.56. The monoisotopic (exact) mass is 350 g/mol. The van der Waals surface area contributed by atoms with Gasteiger partial charge in [0.05, 0.1) is 19.0 Å². The number of pyridine rings is 1. The summed E-state index contributed by atoms with van der Waals surface area (Å²) in [7, 11) is 1.60. The van der Waals surface area contributed by atoms with Crippen LogP contribution in [0.5, 0.6) is 11.9 Å². The van der Waals surface area contributed by atoms with Crippen molar-refractivity contribution in [3.63, 3.8) is 0 Å². The topological polar surface area (TPSA) is 62.1 Å². The Bertz CT molecular complexity index is 866. The minimum Gasteiger partial charge on any atom is -0.481 e. The zero-order chi connectivity index (χ0) is 17.9. The number of hydrogen-bond acceptors (Lipinski definition) is 5. The van der Waals surface area contributed by atoms with Crippen LogP contribution in [0.25, 0.3) is 17.1 Å². The lowest BCUT2D eigenvalue weighted by Gasteiger charge is -2.08. The fraction of sp³-hybridized carbons (Fsp3) is 0.350. The van der Waals surface area contributed by atoms with Crippen LogP contribution in [0.3, 0.4) is 0 Å². The molecular weight excluding hydrogens is 328 g/mol. The van der Waals surface area contributed by atoms with Gasteiger partial charge >= 0.3 is 6.01 Å². The molecule has 26 heavy (non-hydrogen) atoms. The molecule has 1 aliphatic carbocycles. The number of hydrogen-bond donors (Lipinski definition) is 0. The van der Waals surface area contributed by atoms with E-state index in [4.69, 9.17) is 9.47 Å². The van der Waals surface area contributed by atoms with Gasteiger partial charge in [0.2, 0.25) is 5.88 Å². The Morgan fingerprint density at radius 3 is 2.46 bits per heavy atom. The van der Waals surface area contributed by atoms with Crippen molar-refractivity contribution in [2.45, 2.75) is 38.7 Å². The van der Waals surface area contributed by atoms with Gasteiger partial charge in [-0.25, -0.2) is 9.67 Å². The average Bonchev–Trinajstić information content (AvgIpc) is 3.33. The van der Waals surface area contributed by atoms with Crippen LogP contribution < -0.4 is 9.47 Å². The molecule has 1 fully saturated rings. The number of aromatic nitrogens is 4. The Hall–Kier alpha value is -2.89. The van der Waals surface area contributed by atoms with Gasteiger partial charge in [0.15, 0.2) is 5.82 Å². The van der Waals surface area contributed by atoms with E-state index in [0.29, 0.717) is 11.9 Å². The van der Waals surface area contributed by atoms with Crippen LogP contribution in [0.2, 0.25) is 0 Å². The molecule has 0 amide bonds. The summed E-state index contributed by atoms with van der Waals surface area (Å²) in [6.07, 6.45) is 6.49. The molecule has 1 aliphatic rings. The van der Waals surface area contributed by atoms with Crippen LogP contribution in [-0.2, 0) is 0 Å². The first-order valence-corrected chi connectivity index (χ1v) is 8.94. The van der Waals surface area contributed by atoms with Crippen molar-refractivity contribution in [1.82, 2.24) is 19.7 Å². The summed E-state index contributed by atoms with van der Waals surface area (Å²) in [6, 6.07) is 12.4. The van der Waals surface area contributed by atoms with Gasteiger partial charge in [0.1, 0.15) is 6.10 Å². The van der Waals surface area contributed by atoms with Gasteiger partial charge in [0, 0.05) is 11.6 Å². The smallest absolute Gasteiger partial charge is 0.336 e. The Morgan fingerprint density at radius 1 is 1.04 bits per heavy atom. The Balaban J connectivity index is 1.73. The number of methoxy groups -OCH3 is 1. The lowest BCUT2D eigenvalue weighted by Crippen LogP contribution is -2.12. The van der Waals surface area contributed by atoms with Crippen LogP contribution in [0, 0.1) is 6.92 Å². The molecule has 6 heteroatoms. The quantitative estimate of drug-likeness (QED) is 0.697.